The molecule has 3 N–H and O–H groups in total. The minimum absolute atomic E-state index is 0.301. The van der Waals surface area contributed by atoms with Gasteiger partial charge in [-0.3, -0.25) is 9.89 Å². The van der Waals surface area contributed by atoms with Crippen LogP contribution in [0.25, 0.3) is 0 Å². The predicted octanol–water partition coefficient (Wildman–Crippen LogP) is 2.58. The van der Waals surface area contributed by atoms with E-state index in [1.54, 1.807) is 48.5 Å². The summed E-state index contributed by atoms with van der Waals surface area (Å²) < 4.78 is 0. The summed E-state index contributed by atoms with van der Waals surface area (Å²) in [6.07, 6.45) is 0. The number of rotatable bonds is 5. The molecule has 0 saturated heterocycles. The molecule has 0 aliphatic rings. The normalized spacial score (nSPS) is 11.3. The quantitative estimate of drug-likeness (QED) is 0.670. The number of benzene rings is 2. The van der Waals surface area contributed by atoms with Gasteiger partial charge in [0.15, 0.2) is 5.60 Å². The molecule has 2 aromatic carbocycles. The molecule has 1 aromatic heterocycles. The van der Waals surface area contributed by atoms with E-state index in [9.17, 15) is 9.90 Å². The number of aryl methyl sites for hydroxylation is 2. The summed E-state index contributed by atoms with van der Waals surface area (Å²) in [7, 11) is 0. The van der Waals surface area contributed by atoms with Crippen LogP contribution in [-0.2, 0) is 16.9 Å². The van der Waals surface area contributed by atoms with Gasteiger partial charge in [0, 0.05) is 17.8 Å². The molecule has 0 unspecified atom stereocenters. The SMILES string of the molecule is Cc1n[nH]c(C)c1CNC(=O)C(O)(c1ccccc1)c1ccccc1. The van der Waals surface area contributed by atoms with Gasteiger partial charge in [0.1, 0.15) is 0 Å². The fourth-order valence-electron chi connectivity index (χ4n) is 2.92. The number of amides is 1. The Labute approximate surface area is 146 Å². The monoisotopic (exact) mass is 335 g/mol. The van der Waals surface area contributed by atoms with Crippen LogP contribution in [0.3, 0.4) is 0 Å². The van der Waals surface area contributed by atoms with E-state index in [0.717, 1.165) is 17.0 Å². The lowest BCUT2D eigenvalue weighted by molar-refractivity contribution is -0.136. The van der Waals surface area contributed by atoms with Crippen molar-refractivity contribution in [1.29, 1.82) is 0 Å². The molecule has 0 atom stereocenters. The number of aliphatic hydroxyl groups is 1. The summed E-state index contributed by atoms with van der Waals surface area (Å²) in [6.45, 7) is 4.09. The van der Waals surface area contributed by atoms with Gasteiger partial charge in [-0.05, 0) is 25.0 Å². The molecule has 128 valence electrons. The number of aromatic nitrogens is 2. The number of hydrogen-bond acceptors (Lipinski definition) is 3. The lowest BCUT2D eigenvalue weighted by Gasteiger charge is -2.28. The molecular weight excluding hydrogens is 314 g/mol. The first-order valence-electron chi connectivity index (χ1n) is 8.15. The molecule has 0 radical (unpaired) electrons. The first-order valence-corrected chi connectivity index (χ1v) is 8.15. The van der Waals surface area contributed by atoms with E-state index in [-0.39, 0.29) is 0 Å². The van der Waals surface area contributed by atoms with E-state index >= 15 is 0 Å². The second kappa shape index (κ2) is 6.91. The van der Waals surface area contributed by atoms with Crippen LogP contribution in [0.4, 0.5) is 0 Å². The molecule has 3 rings (SSSR count). The summed E-state index contributed by atoms with van der Waals surface area (Å²) in [5.41, 5.74) is 1.96. The zero-order valence-electron chi connectivity index (χ0n) is 14.3. The van der Waals surface area contributed by atoms with Gasteiger partial charge >= 0.3 is 0 Å². The van der Waals surface area contributed by atoms with Crippen LogP contribution >= 0.6 is 0 Å². The van der Waals surface area contributed by atoms with Crippen molar-refractivity contribution in [3.8, 4) is 0 Å². The van der Waals surface area contributed by atoms with Crippen LogP contribution in [0, 0.1) is 13.8 Å². The molecule has 0 saturated carbocycles. The summed E-state index contributed by atoms with van der Waals surface area (Å²) in [6, 6.07) is 17.9. The highest BCUT2D eigenvalue weighted by Crippen LogP contribution is 2.30. The Morgan fingerprint density at radius 2 is 1.56 bits per heavy atom. The second-order valence-corrected chi connectivity index (χ2v) is 6.04. The Hall–Kier alpha value is -2.92. The number of nitrogens with one attached hydrogen (secondary N) is 2. The number of nitrogens with zero attached hydrogens (tertiary/aromatic N) is 1. The number of carbonyl (C=O) groups excluding carboxylic acids is 1. The second-order valence-electron chi connectivity index (χ2n) is 6.04. The molecular formula is C20H21N3O2. The van der Waals surface area contributed by atoms with Crippen molar-refractivity contribution in [2.24, 2.45) is 0 Å². The maximum Gasteiger partial charge on any atom is 0.261 e. The van der Waals surface area contributed by atoms with Gasteiger partial charge in [-0.2, -0.15) is 5.10 Å². The van der Waals surface area contributed by atoms with Gasteiger partial charge in [0.2, 0.25) is 0 Å². The molecule has 0 aliphatic heterocycles. The third-order valence-corrected chi connectivity index (χ3v) is 4.42. The zero-order chi connectivity index (χ0) is 17.9. The minimum atomic E-state index is -1.76. The van der Waals surface area contributed by atoms with E-state index in [0.29, 0.717) is 17.7 Å². The van der Waals surface area contributed by atoms with Gasteiger partial charge in [-0.15, -0.1) is 0 Å². The molecule has 1 amide bonds. The molecule has 3 aromatic rings. The largest absolute Gasteiger partial charge is 0.372 e. The van der Waals surface area contributed by atoms with E-state index in [1.807, 2.05) is 26.0 Å². The summed E-state index contributed by atoms with van der Waals surface area (Å²) in [5.74, 6) is -0.468. The van der Waals surface area contributed by atoms with Crippen LogP contribution in [0.2, 0.25) is 0 Å². The Kier molecular flexibility index (Phi) is 4.67. The van der Waals surface area contributed by atoms with Crippen molar-refractivity contribution in [2.75, 3.05) is 0 Å². The van der Waals surface area contributed by atoms with Crippen LogP contribution in [0.5, 0.6) is 0 Å². The van der Waals surface area contributed by atoms with E-state index in [1.165, 1.54) is 0 Å². The molecule has 0 fully saturated rings. The summed E-state index contributed by atoms with van der Waals surface area (Å²) in [4.78, 5) is 13.0. The highest BCUT2D eigenvalue weighted by Gasteiger charge is 2.39. The van der Waals surface area contributed by atoms with Crippen molar-refractivity contribution < 1.29 is 9.90 Å². The van der Waals surface area contributed by atoms with Gasteiger partial charge in [0.25, 0.3) is 5.91 Å². The molecule has 25 heavy (non-hydrogen) atoms. The summed E-state index contributed by atoms with van der Waals surface area (Å²) >= 11 is 0. The summed E-state index contributed by atoms with van der Waals surface area (Å²) in [5, 5.41) is 21.2. The Morgan fingerprint density at radius 1 is 1.04 bits per heavy atom. The van der Waals surface area contributed by atoms with E-state index in [4.69, 9.17) is 0 Å². The molecule has 1 heterocycles. The average Bonchev–Trinajstić information content (AvgIpc) is 2.98. The van der Waals surface area contributed by atoms with E-state index in [2.05, 4.69) is 15.5 Å². The number of H-pyrrole nitrogens is 1. The lowest BCUT2D eigenvalue weighted by Crippen LogP contribution is -2.45. The Morgan fingerprint density at radius 3 is 2.00 bits per heavy atom. The maximum absolute atomic E-state index is 13.0. The zero-order valence-corrected chi connectivity index (χ0v) is 14.3. The topological polar surface area (TPSA) is 78.0 Å². The average molecular weight is 335 g/mol. The number of aromatic amines is 1. The van der Waals surface area contributed by atoms with Crippen molar-refractivity contribution in [1.82, 2.24) is 15.5 Å². The maximum atomic E-state index is 13.0. The number of hydrogen-bond donors (Lipinski definition) is 3. The fourth-order valence-corrected chi connectivity index (χ4v) is 2.92. The molecule has 5 nitrogen and oxygen atoms in total. The third-order valence-electron chi connectivity index (χ3n) is 4.42. The Bertz CT molecular complexity index is 798. The van der Waals surface area contributed by atoms with Crippen LogP contribution in [-0.4, -0.2) is 21.2 Å². The van der Waals surface area contributed by atoms with Crippen LogP contribution < -0.4 is 5.32 Å². The van der Waals surface area contributed by atoms with Gasteiger partial charge in [-0.1, -0.05) is 60.7 Å². The predicted molar refractivity (Wildman–Crippen MR) is 95.8 cm³/mol. The van der Waals surface area contributed by atoms with Crippen molar-refractivity contribution in [2.45, 2.75) is 26.0 Å². The van der Waals surface area contributed by atoms with Gasteiger partial charge < -0.3 is 10.4 Å². The highest BCUT2D eigenvalue weighted by molar-refractivity contribution is 5.90. The smallest absolute Gasteiger partial charge is 0.261 e. The fraction of sp³-hybridized carbons (Fsp3) is 0.200. The van der Waals surface area contributed by atoms with Crippen molar-refractivity contribution in [3.63, 3.8) is 0 Å². The third kappa shape index (κ3) is 3.19. The van der Waals surface area contributed by atoms with Crippen molar-refractivity contribution in [3.05, 3.63) is 88.7 Å². The van der Waals surface area contributed by atoms with Gasteiger partial charge in [-0.25, -0.2) is 0 Å². The van der Waals surface area contributed by atoms with Crippen LogP contribution in [0.15, 0.2) is 60.7 Å². The standard InChI is InChI=1S/C20H21N3O2/c1-14-18(15(2)23-22-14)13-21-19(24)20(25,16-9-5-3-6-10-16)17-11-7-4-8-12-17/h3-12,25H,13H2,1-2H3,(H,21,24)(H,22,23). The number of carbonyl (C=O) groups is 1. The highest BCUT2D eigenvalue weighted by atomic mass is 16.3. The Balaban J connectivity index is 1.94. The van der Waals surface area contributed by atoms with E-state index < -0.39 is 11.5 Å². The van der Waals surface area contributed by atoms with Crippen LogP contribution in [0.1, 0.15) is 28.1 Å². The molecule has 0 spiro atoms. The van der Waals surface area contributed by atoms with Crippen molar-refractivity contribution >= 4 is 5.91 Å². The lowest BCUT2D eigenvalue weighted by atomic mass is 9.85. The minimum Gasteiger partial charge on any atom is -0.372 e. The molecule has 0 bridgehead atoms. The first-order chi connectivity index (χ1) is 12.0. The molecule has 0 aliphatic carbocycles. The first kappa shape index (κ1) is 16.9. The van der Waals surface area contributed by atoms with Gasteiger partial charge in [0.05, 0.1) is 5.69 Å². The molecule has 5 heteroatoms.